The molecule has 0 amide bonds. The summed E-state index contributed by atoms with van der Waals surface area (Å²) < 4.78 is 29.5. The van der Waals surface area contributed by atoms with Gasteiger partial charge >= 0.3 is 0 Å². The molecule has 2 atom stereocenters. The third-order valence-electron chi connectivity index (χ3n) is 6.75. The fraction of sp³-hybridized carbons (Fsp3) is 0.346. The summed E-state index contributed by atoms with van der Waals surface area (Å²) in [5, 5.41) is 7.77. The minimum absolute atomic E-state index is 0.0125. The van der Waals surface area contributed by atoms with Crippen molar-refractivity contribution in [1.29, 1.82) is 0 Å². The van der Waals surface area contributed by atoms with Gasteiger partial charge in [0.1, 0.15) is 12.4 Å². The lowest BCUT2D eigenvalue weighted by molar-refractivity contribution is -0.116. The Bertz CT molecular complexity index is 1320. The molecule has 1 aliphatic carbocycles. The van der Waals surface area contributed by atoms with Crippen molar-refractivity contribution >= 4 is 11.7 Å². The Morgan fingerprint density at radius 1 is 0.889 bits per heavy atom. The molecule has 5 rings (SSSR count). The summed E-state index contributed by atoms with van der Waals surface area (Å²) in [7, 11) is 7.90. The molecule has 1 N–H and O–H groups in total. The Balaban J connectivity index is 1.61. The molecule has 10 heteroatoms. The van der Waals surface area contributed by atoms with Crippen molar-refractivity contribution < 1.29 is 28.5 Å². The van der Waals surface area contributed by atoms with Gasteiger partial charge in [0.15, 0.2) is 28.8 Å². The van der Waals surface area contributed by atoms with Crippen LogP contribution >= 0.6 is 0 Å². The number of carbonyl (C=O) groups is 1. The first-order valence-electron chi connectivity index (χ1n) is 11.5. The van der Waals surface area contributed by atoms with E-state index in [9.17, 15) is 4.79 Å². The Morgan fingerprint density at radius 2 is 1.58 bits per heavy atom. The summed E-state index contributed by atoms with van der Waals surface area (Å²) >= 11 is 0. The molecule has 36 heavy (non-hydrogen) atoms. The van der Waals surface area contributed by atoms with Gasteiger partial charge in [0.25, 0.3) is 0 Å². The van der Waals surface area contributed by atoms with E-state index in [4.69, 9.17) is 23.7 Å². The van der Waals surface area contributed by atoms with Gasteiger partial charge in [-0.2, -0.15) is 10.1 Å². The quantitative estimate of drug-likeness (QED) is 0.528. The zero-order valence-electron chi connectivity index (χ0n) is 20.8. The van der Waals surface area contributed by atoms with Crippen LogP contribution in [0.25, 0.3) is 0 Å². The number of anilines is 1. The van der Waals surface area contributed by atoms with Crippen molar-refractivity contribution in [2.45, 2.75) is 24.8 Å². The molecule has 1 aliphatic heterocycles. The Hall–Kier alpha value is -4.21. The minimum atomic E-state index is -0.503. The van der Waals surface area contributed by atoms with Gasteiger partial charge in [0.05, 0.1) is 35.5 Å². The molecule has 1 aromatic heterocycles. The minimum Gasteiger partial charge on any atom is -0.493 e. The lowest BCUT2D eigenvalue weighted by Gasteiger charge is -2.35. The SMILES string of the molecule is COc1cc([C@H]2CC(=O)C3=C(C2)Nc2ncnn2[C@@H]3c2cccc(OC)c2OC)cc(OC)c1OC. The number of rotatable bonds is 7. The van der Waals surface area contributed by atoms with E-state index in [1.54, 1.807) is 40.2 Å². The maximum Gasteiger partial charge on any atom is 0.226 e. The summed E-state index contributed by atoms with van der Waals surface area (Å²) in [5.74, 6) is 3.22. The highest BCUT2D eigenvalue weighted by Gasteiger charge is 2.41. The Kier molecular flexibility index (Phi) is 6.17. The number of nitrogens with one attached hydrogen (secondary N) is 1. The summed E-state index contributed by atoms with van der Waals surface area (Å²) in [5.41, 5.74) is 3.15. The molecule has 0 fully saturated rings. The lowest BCUT2D eigenvalue weighted by Crippen LogP contribution is -2.33. The fourth-order valence-electron chi connectivity index (χ4n) is 5.14. The molecule has 2 aromatic carbocycles. The number of hydrogen-bond donors (Lipinski definition) is 1. The second-order valence-electron chi connectivity index (χ2n) is 8.52. The van der Waals surface area contributed by atoms with Crippen molar-refractivity contribution in [2.75, 3.05) is 40.9 Å². The molecule has 10 nitrogen and oxygen atoms in total. The number of fused-ring (bicyclic) bond motifs is 1. The number of methoxy groups -OCH3 is 5. The van der Waals surface area contributed by atoms with Crippen molar-refractivity contribution in [1.82, 2.24) is 14.8 Å². The van der Waals surface area contributed by atoms with Crippen LogP contribution in [0.2, 0.25) is 0 Å². The molecule has 0 spiro atoms. The zero-order valence-corrected chi connectivity index (χ0v) is 20.8. The van der Waals surface area contributed by atoms with E-state index >= 15 is 0 Å². The molecule has 0 saturated heterocycles. The predicted octanol–water partition coefficient (Wildman–Crippen LogP) is 3.74. The van der Waals surface area contributed by atoms with Gasteiger partial charge in [0.2, 0.25) is 11.7 Å². The number of allylic oxidation sites excluding steroid dienone is 2. The highest BCUT2D eigenvalue weighted by atomic mass is 16.5. The topological polar surface area (TPSA) is 106 Å². The second kappa shape index (κ2) is 9.44. The number of aromatic nitrogens is 3. The monoisotopic (exact) mass is 492 g/mol. The molecule has 3 aromatic rings. The van der Waals surface area contributed by atoms with E-state index in [2.05, 4.69) is 15.4 Å². The van der Waals surface area contributed by atoms with Gasteiger partial charge in [-0.3, -0.25) is 4.79 Å². The molecule has 2 aliphatic rings. The van der Waals surface area contributed by atoms with Gasteiger partial charge in [0, 0.05) is 23.3 Å². The number of ether oxygens (including phenoxy) is 5. The van der Waals surface area contributed by atoms with Crippen LogP contribution in [-0.2, 0) is 4.79 Å². The van der Waals surface area contributed by atoms with Gasteiger partial charge in [-0.05, 0) is 36.1 Å². The molecule has 0 unspecified atom stereocenters. The van der Waals surface area contributed by atoms with Crippen LogP contribution in [0.3, 0.4) is 0 Å². The van der Waals surface area contributed by atoms with Gasteiger partial charge < -0.3 is 29.0 Å². The number of Topliss-reactive ketones (excluding diaryl/α,β-unsaturated/α-hetero) is 1. The maximum absolute atomic E-state index is 13.8. The normalized spacial score (nSPS) is 18.6. The van der Waals surface area contributed by atoms with E-state index in [-0.39, 0.29) is 11.7 Å². The number of nitrogens with zero attached hydrogens (tertiary/aromatic N) is 3. The molecule has 188 valence electrons. The molecular formula is C26H28N4O6. The number of carbonyl (C=O) groups excluding carboxylic acids is 1. The molecule has 2 heterocycles. The van der Waals surface area contributed by atoms with Crippen LogP contribution in [0, 0.1) is 0 Å². The smallest absolute Gasteiger partial charge is 0.226 e. The Morgan fingerprint density at radius 3 is 2.22 bits per heavy atom. The standard InChI is InChI=1S/C26H28N4O6/c1-32-19-8-6-7-16(24(19)35-4)23-22-17(29-26-27-13-28-30(23)26)9-14(10-18(22)31)15-11-20(33-2)25(36-5)21(12-15)34-3/h6-8,11-14,23H,9-10H2,1-5H3,(H,27,28,29)/t14-,23-/m1/s1. The van der Waals surface area contributed by atoms with Crippen LogP contribution in [-0.4, -0.2) is 56.1 Å². The molecule has 0 bridgehead atoms. The van der Waals surface area contributed by atoms with E-state index in [0.29, 0.717) is 53.1 Å². The largest absolute Gasteiger partial charge is 0.493 e. The third-order valence-corrected chi connectivity index (χ3v) is 6.75. The molecule has 0 saturated carbocycles. The predicted molar refractivity (Wildman–Crippen MR) is 131 cm³/mol. The van der Waals surface area contributed by atoms with Gasteiger partial charge in [-0.15, -0.1) is 0 Å². The van der Waals surface area contributed by atoms with Crippen molar-refractivity contribution in [2.24, 2.45) is 0 Å². The van der Waals surface area contributed by atoms with Crippen LogP contribution in [0.15, 0.2) is 47.9 Å². The van der Waals surface area contributed by atoms with E-state index in [1.165, 1.54) is 6.33 Å². The zero-order chi connectivity index (χ0) is 25.4. The second-order valence-corrected chi connectivity index (χ2v) is 8.52. The van der Waals surface area contributed by atoms with Gasteiger partial charge in [-0.1, -0.05) is 12.1 Å². The summed E-state index contributed by atoms with van der Waals surface area (Å²) in [6.07, 6.45) is 2.38. The molecular weight excluding hydrogens is 464 g/mol. The van der Waals surface area contributed by atoms with Crippen LogP contribution < -0.4 is 29.0 Å². The number of hydrogen-bond acceptors (Lipinski definition) is 9. The highest BCUT2D eigenvalue weighted by molar-refractivity contribution is 6.00. The number of para-hydroxylation sites is 1. The van der Waals surface area contributed by atoms with Crippen LogP contribution in [0.1, 0.15) is 35.9 Å². The molecule has 0 radical (unpaired) electrons. The first kappa shape index (κ1) is 23.5. The van der Waals surface area contributed by atoms with Crippen LogP contribution in [0.4, 0.5) is 5.95 Å². The fourth-order valence-corrected chi connectivity index (χ4v) is 5.14. The summed E-state index contributed by atoms with van der Waals surface area (Å²) in [6.45, 7) is 0. The lowest BCUT2D eigenvalue weighted by atomic mass is 9.77. The van der Waals surface area contributed by atoms with Crippen molar-refractivity contribution in [3.63, 3.8) is 0 Å². The van der Waals surface area contributed by atoms with E-state index in [1.807, 2.05) is 30.3 Å². The maximum atomic E-state index is 13.8. The van der Waals surface area contributed by atoms with E-state index in [0.717, 1.165) is 16.8 Å². The Labute approximate surface area is 208 Å². The third kappa shape index (κ3) is 3.69. The number of benzene rings is 2. The summed E-state index contributed by atoms with van der Waals surface area (Å²) in [4.78, 5) is 18.2. The first-order chi connectivity index (χ1) is 17.5. The first-order valence-corrected chi connectivity index (χ1v) is 11.5. The highest BCUT2D eigenvalue weighted by Crippen LogP contribution is 2.49. The summed E-state index contributed by atoms with van der Waals surface area (Å²) in [6, 6.07) is 8.92. The van der Waals surface area contributed by atoms with E-state index < -0.39 is 6.04 Å². The average molecular weight is 493 g/mol. The van der Waals surface area contributed by atoms with Crippen LogP contribution in [0.5, 0.6) is 28.7 Å². The average Bonchev–Trinajstić information content (AvgIpc) is 3.38. The van der Waals surface area contributed by atoms with Crippen molar-refractivity contribution in [3.05, 3.63) is 59.1 Å². The van der Waals surface area contributed by atoms with Crippen molar-refractivity contribution in [3.8, 4) is 28.7 Å². The van der Waals surface area contributed by atoms with Gasteiger partial charge in [-0.25, -0.2) is 4.68 Å². The number of ketones is 1.